The molecule has 0 unspecified atom stereocenters. The van der Waals surface area contributed by atoms with E-state index in [2.05, 4.69) is 36.4 Å². The number of fused-ring (bicyclic) bond motifs is 6. The first-order valence-electron chi connectivity index (χ1n) is 12.1. The topological polar surface area (TPSA) is 37.4 Å². The summed E-state index contributed by atoms with van der Waals surface area (Å²) in [6, 6.07) is 34.5. The molecular formula is C32H23NO2. The van der Waals surface area contributed by atoms with Crippen molar-refractivity contribution in [2.75, 3.05) is 4.90 Å². The molecule has 168 valence electrons. The maximum absolute atomic E-state index is 13.9. The van der Waals surface area contributed by atoms with Crippen molar-refractivity contribution in [3.05, 3.63) is 132 Å². The van der Waals surface area contributed by atoms with Crippen LogP contribution in [0, 0.1) is 23.7 Å². The summed E-state index contributed by atoms with van der Waals surface area (Å²) in [7, 11) is 0. The van der Waals surface area contributed by atoms with E-state index in [-0.39, 0.29) is 35.5 Å². The maximum atomic E-state index is 13.9. The van der Waals surface area contributed by atoms with E-state index in [4.69, 9.17) is 0 Å². The van der Waals surface area contributed by atoms with Gasteiger partial charge in [-0.1, -0.05) is 109 Å². The number of nitrogens with zero attached hydrogens (tertiary/aromatic N) is 1. The lowest BCUT2D eigenvalue weighted by Crippen LogP contribution is -2.33. The van der Waals surface area contributed by atoms with Crippen LogP contribution in [-0.4, -0.2) is 11.8 Å². The summed E-state index contributed by atoms with van der Waals surface area (Å²) < 4.78 is 0. The monoisotopic (exact) mass is 453 g/mol. The minimum Gasteiger partial charge on any atom is -0.274 e. The number of hydrogen-bond donors (Lipinski definition) is 0. The third-order valence-electron chi connectivity index (χ3n) is 7.84. The van der Waals surface area contributed by atoms with Crippen LogP contribution in [0.15, 0.2) is 121 Å². The zero-order valence-electron chi connectivity index (χ0n) is 19.0. The number of amides is 2. The average Bonchev–Trinajstić information content (AvgIpc) is 3.54. The first kappa shape index (κ1) is 20.2. The van der Waals surface area contributed by atoms with Gasteiger partial charge in [-0.25, -0.2) is 4.90 Å². The molecule has 2 aliphatic carbocycles. The van der Waals surface area contributed by atoms with Gasteiger partial charge in [0.05, 0.1) is 17.5 Å². The Morgan fingerprint density at radius 2 is 1.09 bits per heavy atom. The summed E-state index contributed by atoms with van der Waals surface area (Å²) in [6.07, 6.45) is 4.32. The van der Waals surface area contributed by atoms with E-state index in [1.807, 2.05) is 78.9 Å². The van der Waals surface area contributed by atoms with Crippen molar-refractivity contribution in [1.82, 2.24) is 0 Å². The minimum absolute atomic E-state index is 0.0724. The van der Waals surface area contributed by atoms with Crippen molar-refractivity contribution in [2.45, 2.75) is 0 Å². The number of carbonyl (C=O) groups excluding carboxylic acids is 2. The number of allylic oxidation sites excluding steroid dienone is 3. The standard InChI is InChI=1S/C32H23NO2/c34-31-29-24-18-19-25(28(24)27(21-11-3-1-4-12-21)22-13-5-2-6-14-22)30(29)32(35)33(31)26-17-9-15-20-10-7-8-16-23(20)26/h1-19,24-25,29-30H/t24-,25+,29-,30-/m1/s1. The van der Waals surface area contributed by atoms with Gasteiger partial charge >= 0.3 is 0 Å². The van der Waals surface area contributed by atoms with Gasteiger partial charge in [0.1, 0.15) is 0 Å². The lowest BCUT2D eigenvalue weighted by Gasteiger charge is -2.22. The Balaban J connectivity index is 1.38. The second-order valence-electron chi connectivity index (χ2n) is 9.56. The van der Waals surface area contributed by atoms with Gasteiger partial charge in [-0.05, 0) is 33.7 Å². The molecule has 3 heteroatoms. The van der Waals surface area contributed by atoms with Crippen molar-refractivity contribution >= 4 is 33.8 Å². The summed E-state index contributed by atoms with van der Waals surface area (Å²) in [4.78, 5) is 29.3. The van der Waals surface area contributed by atoms with Gasteiger partial charge in [0.25, 0.3) is 0 Å². The SMILES string of the molecule is O=C1[C@H]2[C@H](C(=O)N1c1cccc3ccccc13)[C@H]1C=C[C@@H]2C1=C(c1ccccc1)c1ccccc1. The molecule has 7 rings (SSSR count). The van der Waals surface area contributed by atoms with Crippen LogP contribution in [0.25, 0.3) is 16.3 Å². The normalized spacial score (nSPS) is 24.5. The molecule has 3 aliphatic rings. The molecule has 4 atom stereocenters. The van der Waals surface area contributed by atoms with Crippen LogP contribution >= 0.6 is 0 Å². The molecule has 1 saturated carbocycles. The molecule has 1 saturated heterocycles. The second kappa shape index (κ2) is 7.64. The summed E-state index contributed by atoms with van der Waals surface area (Å²) in [5.41, 5.74) is 5.30. The molecule has 0 aromatic heterocycles. The van der Waals surface area contributed by atoms with Gasteiger partial charge in [0.2, 0.25) is 11.8 Å². The van der Waals surface area contributed by atoms with Crippen LogP contribution in [0.1, 0.15) is 11.1 Å². The van der Waals surface area contributed by atoms with E-state index < -0.39 is 0 Å². The van der Waals surface area contributed by atoms with Crippen LogP contribution in [0.2, 0.25) is 0 Å². The van der Waals surface area contributed by atoms with Crippen LogP contribution in [0.5, 0.6) is 0 Å². The smallest absolute Gasteiger partial charge is 0.238 e. The van der Waals surface area contributed by atoms with Crippen molar-refractivity contribution in [3.63, 3.8) is 0 Å². The summed E-state index contributed by atoms with van der Waals surface area (Å²) in [5.74, 6) is -1.01. The predicted octanol–water partition coefficient (Wildman–Crippen LogP) is 6.26. The van der Waals surface area contributed by atoms with Crippen molar-refractivity contribution in [3.8, 4) is 0 Å². The largest absolute Gasteiger partial charge is 0.274 e. The molecule has 3 nitrogen and oxygen atoms in total. The molecule has 2 amide bonds. The molecule has 35 heavy (non-hydrogen) atoms. The van der Waals surface area contributed by atoms with Gasteiger partial charge in [0, 0.05) is 17.2 Å². The molecule has 4 aromatic rings. The third-order valence-corrected chi connectivity index (χ3v) is 7.84. The highest BCUT2D eigenvalue weighted by molar-refractivity contribution is 6.26. The minimum atomic E-state index is -0.353. The first-order chi connectivity index (χ1) is 17.2. The lowest BCUT2D eigenvalue weighted by molar-refractivity contribution is -0.122. The average molecular weight is 454 g/mol. The molecule has 0 spiro atoms. The molecule has 0 N–H and O–H groups in total. The van der Waals surface area contributed by atoms with Crippen LogP contribution < -0.4 is 4.90 Å². The van der Waals surface area contributed by atoms with Crippen molar-refractivity contribution < 1.29 is 9.59 Å². The highest BCUT2D eigenvalue weighted by Crippen LogP contribution is 2.59. The Labute approximate surface area is 204 Å². The highest BCUT2D eigenvalue weighted by Gasteiger charge is 2.62. The number of rotatable bonds is 3. The Bertz CT molecular complexity index is 1470. The van der Waals surface area contributed by atoms with E-state index in [0.717, 1.165) is 27.5 Å². The Morgan fingerprint density at radius 1 is 0.571 bits per heavy atom. The number of anilines is 1. The Kier molecular flexibility index (Phi) is 4.40. The maximum Gasteiger partial charge on any atom is 0.238 e. The van der Waals surface area contributed by atoms with Gasteiger partial charge in [-0.3, -0.25) is 9.59 Å². The summed E-state index contributed by atoms with van der Waals surface area (Å²) in [6.45, 7) is 0. The quantitative estimate of drug-likeness (QED) is 0.271. The van der Waals surface area contributed by atoms with Gasteiger partial charge in [-0.15, -0.1) is 0 Å². The highest BCUT2D eigenvalue weighted by atomic mass is 16.2. The fourth-order valence-electron chi connectivity index (χ4n) is 6.45. The Morgan fingerprint density at radius 3 is 1.69 bits per heavy atom. The van der Waals surface area contributed by atoms with Gasteiger partial charge in [0.15, 0.2) is 0 Å². The van der Waals surface area contributed by atoms with E-state index in [1.54, 1.807) is 0 Å². The number of benzene rings is 4. The summed E-state index contributed by atoms with van der Waals surface area (Å²) >= 11 is 0. The number of carbonyl (C=O) groups is 2. The van der Waals surface area contributed by atoms with E-state index in [1.165, 1.54) is 10.5 Å². The number of hydrogen-bond acceptors (Lipinski definition) is 2. The Hall–Kier alpha value is -4.24. The lowest BCUT2D eigenvalue weighted by atomic mass is 9.85. The fraction of sp³-hybridized carbons (Fsp3) is 0.125. The van der Waals surface area contributed by atoms with Crippen LogP contribution in [-0.2, 0) is 9.59 Å². The van der Waals surface area contributed by atoms with Gasteiger partial charge < -0.3 is 0 Å². The van der Waals surface area contributed by atoms with Crippen LogP contribution in [0.4, 0.5) is 5.69 Å². The van der Waals surface area contributed by atoms with Crippen molar-refractivity contribution in [1.29, 1.82) is 0 Å². The molecule has 2 fully saturated rings. The molecule has 0 radical (unpaired) electrons. The van der Waals surface area contributed by atoms with E-state index >= 15 is 0 Å². The predicted molar refractivity (Wildman–Crippen MR) is 138 cm³/mol. The molecule has 2 bridgehead atoms. The fourth-order valence-corrected chi connectivity index (χ4v) is 6.45. The third kappa shape index (κ3) is 2.85. The zero-order valence-corrected chi connectivity index (χ0v) is 19.0. The van der Waals surface area contributed by atoms with E-state index in [0.29, 0.717) is 5.69 Å². The molecule has 1 aliphatic heterocycles. The molecule has 4 aromatic carbocycles. The first-order valence-corrected chi connectivity index (χ1v) is 12.1. The van der Waals surface area contributed by atoms with E-state index in [9.17, 15) is 9.59 Å². The molecular weight excluding hydrogens is 430 g/mol. The second-order valence-corrected chi connectivity index (χ2v) is 9.56. The summed E-state index contributed by atoms with van der Waals surface area (Å²) in [5, 5.41) is 1.96. The zero-order chi connectivity index (χ0) is 23.5. The van der Waals surface area contributed by atoms with Gasteiger partial charge in [-0.2, -0.15) is 0 Å². The molecule has 1 heterocycles. The van der Waals surface area contributed by atoms with Crippen molar-refractivity contribution in [2.24, 2.45) is 23.7 Å². The number of imide groups is 1. The van der Waals surface area contributed by atoms with Crippen LogP contribution in [0.3, 0.4) is 0 Å².